The SMILES string of the molecule is Cc1cc(C)n2nc(C(=O)Nc3ccc(OC(F)F)c(Cc4ccccc4)c3)nc2n1. The van der Waals surface area contributed by atoms with Crippen LogP contribution < -0.4 is 10.1 Å². The van der Waals surface area contributed by atoms with Crippen molar-refractivity contribution in [3.8, 4) is 5.75 Å². The first-order chi connectivity index (χ1) is 14.9. The summed E-state index contributed by atoms with van der Waals surface area (Å²) in [5.74, 6) is -0.194. The van der Waals surface area contributed by atoms with Gasteiger partial charge in [-0.15, -0.1) is 5.10 Å². The van der Waals surface area contributed by atoms with E-state index in [2.05, 4.69) is 25.1 Å². The van der Waals surface area contributed by atoms with Crippen molar-refractivity contribution < 1.29 is 18.3 Å². The van der Waals surface area contributed by atoms with Gasteiger partial charge >= 0.3 is 6.61 Å². The van der Waals surface area contributed by atoms with E-state index in [9.17, 15) is 13.6 Å². The second kappa shape index (κ2) is 8.47. The first-order valence-corrected chi connectivity index (χ1v) is 9.53. The Bertz CT molecular complexity index is 1240. The lowest BCUT2D eigenvalue weighted by molar-refractivity contribution is -0.0503. The second-order valence-corrected chi connectivity index (χ2v) is 7.00. The number of nitrogens with zero attached hydrogens (tertiary/aromatic N) is 4. The Morgan fingerprint density at radius 3 is 2.61 bits per heavy atom. The second-order valence-electron chi connectivity index (χ2n) is 7.00. The highest BCUT2D eigenvalue weighted by Crippen LogP contribution is 2.27. The molecule has 0 spiro atoms. The number of nitrogens with one attached hydrogen (secondary N) is 1. The molecule has 0 aliphatic rings. The topological polar surface area (TPSA) is 81.4 Å². The maximum atomic E-state index is 12.8. The van der Waals surface area contributed by atoms with E-state index in [-0.39, 0.29) is 11.6 Å². The van der Waals surface area contributed by atoms with Gasteiger partial charge in [0, 0.05) is 29.1 Å². The normalized spacial score (nSPS) is 11.1. The molecule has 2 aromatic carbocycles. The highest BCUT2D eigenvalue weighted by atomic mass is 19.3. The molecule has 0 aliphatic carbocycles. The van der Waals surface area contributed by atoms with Gasteiger partial charge in [-0.25, -0.2) is 9.50 Å². The van der Waals surface area contributed by atoms with Gasteiger partial charge < -0.3 is 10.1 Å². The van der Waals surface area contributed by atoms with Crippen molar-refractivity contribution in [3.63, 3.8) is 0 Å². The Balaban J connectivity index is 1.61. The molecule has 0 fully saturated rings. The van der Waals surface area contributed by atoms with Crippen LogP contribution in [-0.2, 0) is 6.42 Å². The number of carbonyl (C=O) groups excluding carboxylic acids is 1. The van der Waals surface area contributed by atoms with E-state index in [1.807, 2.05) is 50.2 Å². The quantitative estimate of drug-likeness (QED) is 0.503. The number of benzene rings is 2. The number of fused-ring (bicyclic) bond motifs is 1. The van der Waals surface area contributed by atoms with Crippen LogP contribution in [0.1, 0.15) is 33.1 Å². The van der Waals surface area contributed by atoms with E-state index >= 15 is 0 Å². The molecule has 0 bridgehead atoms. The van der Waals surface area contributed by atoms with E-state index in [0.29, 0.717) is 23.4 Å². The number of ether oxygens (including phenoxy) is 1. The number of rotatable bonds is 6. The van der Waals surface area contributed by atoms with E-state index < -0.39 is 12.5 Å². The van der Waals surface area contributed by atoms with Crippen LogP contribution in [0.15, 0.2) is 54.6 Å². The molecule has 0 radical (unpaired) electrons. The fourth-order valence-electron chi connectivity index (χ4n) is 3.27. The van der Waals surface area contributed by atoms with Crippen molar-refractivity contribution in [2.24, 2.45) is 0 Å². The van der Waals surface area contributed by atoms with Gasteiger partial charge in [-0.3, -0.25) is 4.79 Å². The summed E-state index contributed by atoms with van der Waals surface area (Å²) in [6.07, 6.45) is 0.363. The number of amides is 1. The maximum Gasteiger partial charge on any atom is 0.387 e. The Morgan fingerprint density at radius 1 is 1.10 bits per heavy atom. The molecule has 2 aromatic heterocycles. The zero-order valence-corrected chi connectivity index (χ0v) is 16.8. The molecule has 4 aromatic rings. The van der Waals surface area contributed by atoms with E-state index in [1.54, 1.807) is 6.07 Å². The Hall–Kier alpha value is -3.88. The summed E-state index contributed by atoms with van der Waals surface area (Å²) in [6.45, 7) is 0.727. The van der Waals surface area contributed by atoms with Gasteiger partial charge in [0.15, 0.2) is 0 Å². The van der Waals surface area contributed by atoms with Crippen molar-refractivity contribution in [1.82, 2.24) is 19.6 Å². The predicted molar refractivity (Wildman–Crippen MR) is 111 cm³/mol. The minimum atomic E-state index is -2.95. The predicted octanol–water partition coefficient (Wildman–Crippen LogP) is 4.19. The standard InChI is InChI=1S/C22H19F2N5O2/c1-13-10-14(2)29-22(25-13)27-19(28-29)20(30)26-17-8-9-18(31-21(23)24)16(12-17)11-15-6-4-3-5-7-15/h3-10,12,21H,11H2,1-2H3,(H,26,30). The fourth-order valence-corrected chi connectivity index (χ4v) is 3.27. The molecule has 9 heteroatoms. The van der Waals surface area contributed by atoms with Crippen molar-refractivity contribution in [1.29, 1.82) is 0 Å². The third-order valence-corrected chi connectivity index (χ3v) is 4.59. The Kier molecular flexibility index (Phi) is 5.57. The van der Waals surface area contributed by atoms with Crippen LogP contribution in [0.25, 0.3) is 5.78 Å². The van der Waals surface area contributed by atoms with Gasteiger partial charge in [-0.1, -0.05) is 30.3 Å². The van der Waals surface area contributed by atoms with Gasteiger partial charge in [0.2, 0.25) is 5.82 Å². The van der Waals surface area contributed by atoms with Crippen molar-refractivity contribution in [3.05, 3.63) is 82.9 Å². The summed E-state index contributed by atoms with van der Waals surface area (Å²) >= 11 is 0. The molecule has 158 valence electrons. The van der Waals surface area contributed by atoms with Crippen LogP contribution in [0.5, 0.6) is 5.75 Å². The smallest absolute Gasteiger partial charge is 0.387 e. The first kappa shape index (κ1) is 20.4. The summed E-state index contributed by atoms with van der Waals surface area (Å²) < 4.78 is 31.8. The largest absolute Gasteiger partial charge is 0.435 e. The van der Waals surface area contributed by atoms with E-state index in [1.165, 1.54) is 16.6 Å². The van der Waals surface area contributed by atoms with Gasteiger partial charge in [-0.2, -0.15) is 13.8 Å². The third kappa shape index (κ3) is 4.66. The zero-order valence-electron chi connectivity index (χ0n) is 16.8. The minimum absolute atomic E-state index is 0.0429. The van der Waals surface area contributed by atoms with Crippen LogP contribution >= 0.6 is 0 Å². The lowest BCUT2D eigenvalue weighted by Gasteiger charge is -2.13. The molecular weight excluding hydrogens is 404 g/mol. The van der Waals surface area contributed by atoms with Gasteiger partial charge in [0.25, 0.3) is 11.7 Å². The van der Waals surface area contributed by atoms with Crippen LogP contribution in [0.2, 0.25) is 0 Å². The molecular formula is C22H19F2N5O2. The van der Waals surface area contributed by atoms with Crippen molar-refractivity contribution in [2.45, 2.75) is 26.9 Å². The lowest BCUT2D eigenvalue weighted by atomic mass is 10.0. The van der Waals surface area contributed by atoms with E-state index in [0.717, 1.165) is 17.0 Å². The summed E-state index contributed by atoms with van der Waals surface area (Å²) in [4.78, 5) is 21.1. The van der Waals surface area contributed by atoms with Crippen LogP contribution in [0.3, 0.4) is 0 Å². The molecule has 2 heterocycles. The highest BCUT2D eigenvalue weighted by molar-refractivity contribution is 6.01. The zero-order chi connectivity index (χ0) is 22.0. The van der Waals surface area contributed by atoms with Crippen LogP contribution in [-0.4, -0.2) is 32.1 Å². The number of aromatic nitrogens is 4. The van der Waals surface area contributed by atoms with Crippen LogP contribution in [0, 0.1) is 13.8 Å². The van der Waals surface area contributed by atoms with Crippen molar-refractivity contribution >= 4 is 17.4 Å². The van der Waals surface area contributed by atoms with Crippen LogP contribution in [0.4, 0.5) is 14.5 Å². The molecule has 31 heavy (non-hydrogen) atoms. The molecule has 1 amide bonds. The van der Waals surface area contributed by atoms with Gasteiger partial charge in [0.05, 0.1) is 0 Å². The third-order valence-electron chi connectivity index (χ3n) is 4.59. The first-order valence-electron chi connectivity index (χ1n) is 9.53. The average Bonchev–Trinajstić information content (AvgIpc) is 3.15. The molecule has 0 unspecified atom stereocenters. The van der Waals surface area contributed by atoms with Gasteiger partial charge in [-0.05, 0) is 43.7 Å². The molecule has 0 saturated carbocycles. The number of alkyl halides is 2. The number of carbonyl (C=O) groups is 1. The fraction of sp³-hybridized carbons (Fsp3) is 0.182. The molecule has 7 nitrogen and oxygen atoms in total. The number of hydrogen-bond acceptors (Lipinski definition) is 5. The average molecular weight is 423 g/mol. The molecule has 0 atom stereocenters. The monoisotopic (exact) mass is 423 g/mol. The summed E-state index contributed by atoms with van der Waals surface area (Å²) in [5, 5.41) is 6.92. The molecule has 0 aliphatic heterocycles. The Morgan fingerprint density at radius 2 is 1.87 bits per heavy atom. The van der Waals surface area contributed by atoms with E-state index in [4.69, 9.17) is 0 Å². The van der Waals surface area contributed by atoms with Gasteiger partial charge in [0.1, 0.15) is 5.75 Å². The molecule has 0 saturated heterocycles. The number of anilines is 1. The summed E-state index contributed by atoms with van der Waals surface area (Å²) in [6, 6.07) is 15.7. The highest BCUT2D eigenvalue weighted by Gasteiger charge is 2.17. The molecule has 1 N–H and O–H groups in total. The summed E-state index contributed by atoms with van der Waals surface area (Å²) in [5.41, 5.74) is 3.42. The number of halogens is 2. The Labute approximate surface area is 176 Å². The summed E-state index contributed by atoms with van der Waals surface area (Å²) in [7, 11) is 0. The number of aryl methyl sites for hydroxylation is 2. The lowest BCUT2D eigenvalue weighted by Crippen LogP contribution is -2.14. The minimum Gasteiger partial charge on any atom is -0.435 e. The van der Waals surface area contributed by atoms with Crippen molar-refractivity contribution in [2.75, 3.05) is 5.32 Å². The molecule has 4 rings (SSSR count). The number of hydrogen-bond donors (Lipinski definition) is 1. The maximum absolute atomic E-state index is 12.8.